The predicted octanol–water partition coefficient (Wildman–Crippen LogP) is 6.35. The van der Waals surface area contributed by atoms with Gasteiger partial charge in [0.1, 0.15) is 6.10 Å². The van der Waals surface area contributed by atoms with Crippen molar-refractivity contribution in [2.24, 2.45) is 0 Å². The summed E-state index contributed by atoms with van der Waals surface area (Å²) < 4.78 is 6.15. The number of rotatable bonds is 5. The van der Waals surface area contributed by atoms with Crippen LogP contribution in [0.4, 0.5) is 0 Å². The molecule has 24 heavy (non-hydrogen) atoms. The standard InChI is InChI=1S/C19H14Cl3NO/c20-16-9-10-23-11-15(16)19(14-7-4-8-17(21)18(14)22)24-12-13-5-2-1-3-6-13/h1-11,19H,12H2. The molecule has 0 saturated heterocycles. The molecule has 122 valence electrons. The summed E-state index contributed by atoms with van der Waals surface area (Å²) in [6.07, 6.45) is 2.87. The lowest BCUT2D eigenvalue weighted by atomic mass is 10.0. The SMILES string of the molecule is Clc1ccncc1C(OCc1ccccc1)c1cccc(Cl)c1Cl. The second-order valence-electron chi connectivity index (χ2n) is 5.22. The summed E-state index contributed by atoms with van der Waals surface area (Å²) in [7, 11) is 0. The molecule has 0 aliphatic heterocycles. The summed E-state index contributed by atoms with van der Waals surface area (Å²) >= 11 is 18.9. The molecule has 1 heterocycles. The third-order valence-electron chi connectivity index (χ3n) is 3.60. The topological polar surface area (TPSA) is 22.1 Å². The number of hydrogen-bond acceptors (Lipinski definition) is 2. The number of aromatic nitrogens is 1. The van der Waals surface area contributed by atoms with Gasteiger partial charge in [0.25, 0.3) is 0 Å². The van der Waals surface area contributed by atoms with E-state index in [1.807, 2.05) is 42.5 Å². The van der Waals surface area contributed by atoms with E-state index in [0.717, 1.165) is 16.7 Å². The maximum Gasteiger partial charge on any atom is 0.112 e. The highest BCUT2D eigenvalue weighted by molar-refractivity contribution is 6.42. The molecule has 0 saturated carbocycles. The average Bonchev–Trinajstić information content (AvgIpc) is 2.61. The van der Waals surface area contributed by atoms with Gasteiger partial charge in [-0.1, -0.05) is 77.3 Å². The van der Waals surface area contributed by atoms with Gasteiger partial charge in [-0.15, -0.1) is 0 Å². The van der Waals surface area contributed by atoms with Crippen LogP contribution in [0.5, 0.6) is 0 Å². The summed E-state index contributed by atoms with van der Waals surface area (Å²) in [6.45, 7) is 0.416. The van der Waals surface area contributed by atoms with Gasteiger partial charge in [0.2, 0.25) is 0 Å². The summed E-state index contributed by atoms with van der Waals surface area (Å²) in [5, 5.41) is 1.50. The third-order valence-corrected chi connectivity index (χ3v) is 4.78. The number of hydrogen-bond donors (Lipinski definition) is 0. The van der Waals surface area contributed by atoms with E-state index in [9.17, 15) is 0 Å². The molecule has 0 aliphatic carbocycles. The second kappa shape index (κ2) is 8.00. The van der Waals surface area contributed by atoms with Gasteiger partial charge in [-0.2, -0.15) is 0 Å². The van der Waals surface area contributed by atoms with Gasteiger partial charge in [0.05, 0.1) is 16.7 Å². The van der Waals surface area contributed by atoms with E-state index in [1.165, 1.54) is 0 Å². The lowest BCUT2D eigenvalue weighted by Crippen LogP contribution is -2.08. The van der Waals surface area contributed by atoms with Crippen LogP contribution < -0.4 is 0 Å². The van der Waals surface area contributed by atoms with E-state index in [0.29, 0.717) is 21.7 Å². The molecule has 1 atom stereocenters. The van der Waals surface area contributed by atoms with Crippen LogP contribution in [0.25, 0.3) is 0 Å². The molecule has 3 aromatic rings. The van der Waals surface area contributed by atoms with Gasteiger partial charge in [-0.05, 0) is 17.7 Å². The zero-order valence-electron chi connectivity index (χ0n) is 12.6. The fourth-order valence-corrected chi connectivity index (χ4v) is 3.02. The Hall–Kier alpha value is -1.58. The summed E-state index contributed by atoms with van der Waals surface area (Å²) in [5.41, 5.74) is 2.56. The molecule has 1 aromatic heterocycles. The van der Waals surface area contributed by atoms with Crippen molar-refractivity contribution < 1.29 is 4.74 Å². The predicted molar refractivity (Wildman–Crippen MR) is 98.8 cm³/mol. The largest absolute Gasteiger partial charge is 0.364 e. The first-order valence-electron chi connectivity index (χ1n) is 7.35. The number of nitrogens with zero attached hydrogens (tertiary/aromatic N) is 1. The molecule has 0 aliphatic rings. The molecule has 3 rings (SSSR count). The Labute approximate surface area is 156 Å². The minimum Gasteiger partial charge on any atom is -0.364 e. The third kappa shape index (κ3) is 3.90. The number of benzene rings is 2. The molecule has 2 aromatic carbocycles. The van der Waals surface area contributed by atoms with Crippen LogP contribution >= 0.6 is 34.8 Å². The molecule has 0 amide bonds. The molecule has 0 N–H and O–H groups in total. The van der Waals surface area contributed by atoms with Crippen molar-refractivity contribution in [3.8, 4) is 0 Å². The van der Waals surface area contributed by atoms with E-state index in [4.69, 9.17) is 39.5 Å². The van der Waals surface area contributed by atoms with Gasteiger partial charge in [0.15, 0.2) is 0 Å². The molecule has 2 nitrogen and oxygen atoms in total. The Bertz CT molecular complexity index is 824. The highest BCUT2D eigenvalue weighted by Crippen LogP contribution is 2.37. The Morgan fingerprint density at radius 3 is 2.38 bits per heavy atom. The van der Waals surface area contributed by atoms with Crippen LogP contribution in [0.1, 0.15) is 22.8 Å². The van der Waals surface area contributed by atoms with Crippen LogP contribution in [0, 0.1) is 0 Å². The monoisotopic (exact) mass is 377 g/mol. The van der Waals surface area contributed by atoms with Gasteiger partial charge < -0.3 is 4.74 Å². The zero-order chi connectivity index (χ0) is 16.9. The minimum atomic E-state index is -0.461. The van der Waals surface area contributed by atoms with Gasteiger partial charge in [0, 0.05) is 28.5 Å². The fourth-order valence-electron chi connectivity index (χ4n) is 2.41. The zero-order valence-corrected chi connectivity index (χ0v) is 14.9. The maximum absolute atomic E-state index is 6.40. The first-order valence-corrected chi connectivity index (χ1v) is 8.49. The fraction of sp³-hybridized carbons (Fsp3) is 0.105. The summed E-state index contributed by atoms with van der Waals surface area (Å²) in [4.78, 5) is 4.16. The van der Waals surface area contributed by atoms with Crippen molar-refractivity contribution in [1.82, 2.24) is 4.98 Å². The normalized spacial score (nSPS) is 12.1. The lowest BCUT2D eigenvalue weighted by molar-refractivity contribution is 0.0666. The molecule has 0 radical (unpaired) electrons. The van der Waals surface area contributed by atoms with Crippen molar-refractivity contribution in [1.29, 1.82) is 0 Å². The van der Waals surface area contributed by atoms with E-state index in [2.05, 4.69) is 4.98 Å². The first-order chi connectivity index (χ1) is 11.7. The number of pyridine rings is 1. The molecule has 5 heteroatoms. The molecule has 1 unspecified atom stereocenters. The lowest BCUT2D eigenvalue weighted by Gasteiger charge is -2.21. The summed E-state index contributed by atoms with van der Waals surface area (Å²) in [5.74, 6) is 0. The van der Waals surface area contributed by atoms with Gasteiger partial charge in [-0.25, -0.2) is 0 Å². The van der Waals surface area contributed by atoms with Crippen molar-refractivity contribution in [3.63, 3.8) is 0 Å². The van der Waals surface area contributed by atoms with Crippen LogP contribution in [0.2, 0.25) is 15.1 Å². The summed E-state index contributed by atoms with van der Waals surface area (Å²) in [6, 6.07) is 17.1. The highest BCUT2D eigenvalue weighted by Gasteiger charge is 2.22. The van der Waals surface area contributed by atoms with E-state index in [-0.39, 0.29) is 0 Å². The van der Waals surface area contributed by atoms with Crippen molar-refractivity contribution in [2.45, 2.75) is 12.7 Å². The molecule has 0 bridgehead atoms. The smallest absolute Gasteiger partial charge is 0.112 e. The maximum atomic E-state index is 6.40. The van der Waals surface area contributed by atoms with Gasteiger partial charge >= 0.3 is 0 Å². The molecule has 0 fully saturated rings. The van der Waals surface area contributed by atoms with E-state index in [1.54, 1.807) is 24.5 Å². The van der Waals surface area contributed by atoms with Crippen LogP contribution in [-0.4, -0.2) is 4.98 Å². The quantitative estimate of drug-likeness (QED) is 0.516. The number of halogens is 3. The van der Waals surface area contributed by atoms with E-state index >= 15 is 0 Å². The Kier molecular flexibility index (Phi) is 5.75. The van der Waals surface area contributed by atoms with E-state index < -0.39 is 6.10 Å². The highest BCUT2D eigenvalue weighted by atomic mass is 35.5. The second-order valence-corrected chi connectivity index (χ2v) is 6.41. The average molecular weight is 379 g/mol. The van der Waals surface area contributed by atoms with Gasteiger partial charge in [-0.3, -0.25) is 4.98 Å². The van der Waals surface area contributed by atoms with Crippen LogP contribution in [0.15, 0.2) is 67.0 Å². The first kappa shape index (κ1) is 17.2. The Morgan fingerprint density at radius 2 is 1.62 bits per heavy atom. The van der Waals surface area contributed by atoms with Crippen molar-refractivity contribution in [3.05, 3.63) is 98.7 Å². The Morgan fingerprint density at radius 1 is 0.833 bits per heavy atom. The van der Waals surface area contributed by atoms with Crippen molar-refractivity contribution in [2.75, 3.05) is 0 Å². The minimum absolute atomic E-state index is 0.416. The molecular formula is C19H14Cl3NO. The van der Waals surface area contributed by atoms with Crippen LogP contribution in [-0.2, 0) is 11.3 Å². The molecular weight excluding hydrogens is 365 g/mol. The van der Waals surface area contributed by atoms with Crippen LogP contribution in [0.3, 0.4) is 0 Å². The molecule has 0 spiro atoms. The Balaban J connectivity index is 1.98. The number of ether oxygens (including phenoxy) is 1. The van der Waals surface area contributed by atoms with Crippen molar-refractivity contribution >= 4 is 34.8 Å².